The molecule has 1 aliphatic heterocycles. The molecule has 0 saturated carbocycles. The second-order valence-electron chi connectivity index (χ2n) is 7.20. The van der Waals surface area contributed by atoms with Crippen LogP contribution in [0.4, 0.5) is 0 Å². The van der Waals surface area contributed by atoms with Gasteiger partial charge < -0.3 is 15.1 Å². The van der Waals surface area contributed by atoms with Gasteiger partial charge in [0.05, 0.1) is 11.7 Å². The van der Waals surface area contributed by atoms with Crippen molar-refractivity contribution >= 4 is 16.7 Å². The first-order valence-electron chi connectivity index (χ1n) is 9.59. The number of aromatic hydroxyl groups is 1. The van der Waals surface area contributed by atoms with Crippen LogP contribution in [0.1, 0.15) is 22.0 Å². The molecule has 0 bridgehead atoms. The summed E-state index contributed by atoms with van der Waals surface area (Å²) in [7, 11) is 0. The summed E-state index contributed by atoms with van der Waals surface area (Å²) < 4.78 is 0. The van der Waals surface area contributed by atoms with Gasteiger partial charge in [-0.1, -0.05) is 60.7 Å². The normalized spacial score (nSPS) is 16.2. The number of amides is 1. The largest absolute Gasteiger partial charge is 0.506 e. The molecule has 0 spiro atoms. The molecule has 3 aromatic rings. The summed E-state index contributed by atoms with van der Waals surface area (Å²) in [6, 6.07) is 20.7. The molecule has 1 unspecified atom stereocenters. The number of hydrogen-bond donors (Lipinski definition) is 2. The molecule has 5 heteroatoms. The summed E-state index contributed by atoms with van der Waals surface area (Å²) in [6.07, 6.45) is -0.534. The van der Waals surface area contributed by atoms with Crippen LogP contribution in [-0.2, 0) is 0 Å². The zero-order valence-electron chi connectivity index (χ0n) is 15.7. The minimum absolute atomic E-state index is 0.0463. The number of piperazine rings is 1. The maximum atomic E-state index is 12.9. The van der Waals surface area contributed by atoms with Crippen molar-refractivity contribution in [3.8, 4) is 5.75 Å². The van der Waals surface area contributed by atoms with Crippen molar-refractivity contribution in [1.29, 1.82) is 0 Å². The lowest BCUT2D eigenvalue weighted by atomic mass is 10.0. The van der Waals surface area contributed by atoms with E-state index in [1.165, 1.54) is 0 Å². The fourth-order valence-electron chi connectivity index (χ4n) is 3.76. The number of rotatable bonds is 4. The number of benzene rings is 3. The SMILES string of the molecule is O=C(c1ccc2ccccc2c1O)N1CCN(CC(O)c2ccccc2)CC1. The Bertz CT molecular complexity index is 966. The summed E-state index contributed by atoms with van der Waals surface area (Å²) >= 11 is 0. The van der Waals surface area contributed by atoms with Crippen molar-refractivity contribution < 1.29 is 15.0 Å². The maximum absolute atomic E-state index is 12.9. The topological polar surface area (TPSA) is 64.0 Å². The van der Waals surface area contributed by atoms with Crippen LogP contribution >= 0.6 is 0 Å². The second kappa shape index (κ2) is 8.00. The first-order valence-corrected chi connectivity index (χ1v) is 9.59. The van der Waals surface area contributed by atoms with Crippen LogP contribution in [0.2, 0.25) is 0 Å². The highest BCUT2D eigenvalue weighted by atomic mass is 16.3. The third-order valence-corrected chi connectivity index (χ3v) is 5.41. The molecule has 3 aromatic carbocycles. The first kappa shape index (κ1) is 18.5. The van der Waals surface area contributed by atoms with Gasteiger partial charge in [0, 0.05) is 38.1 Å². The number of phenols is 1. The Morgan fingerprint density at radius 2 is 1.57 bits per heavy atom. The molecular formula is C23H24N2O3. The van der Waals surface area contributed by atoms with Crippen LogP contribution < -0.4 is 0 Å². The Hall–Kier alpha value is -2.89. The van der Waals surface area contributed by atoms with E-state index in [1.807, 2.05) is 60.7 Å². The van der Waals surface area contributed by atoms with Crippen molar-refractivity contribution in [2.45, 2.75) is 6.10 Å². The minimum Gasteiger partial charge on any atom is -0.506 e. The van der Waals surface area contributed by atoms with Crippen molar-refractivity contribution in [1.82, 2.24) is 9.80 Å². The van der Waals surface area contributed by atoms with Crippen LogP contribution in [0.3, 0.4) is 0 Å². The minimum atomic E-state index is -0.534. The summed E-state index contributed by atoms with van der Waals surface area (Å²) in [5.74, 6) is -0.100. The van der Waals surface area contributed by atoms with E-state index < -0.39 is 6.10 Å². The summed E-state index contributed by atoms with van der Waals surface area (Å²) in [4.78, 5) is 16.9. The van der Waals surface area contributed by atoms with Crippen molar-refractivity contribution in [2.75, 3.05) is 32.7 Å². The van der Waals surface area contributed by atoms with Gasteiger partial charge in [0.1, 0.15) is 5.75 Å². The lowest BCUT2D eigenvalue weighted by Gasteiger charge is -2.35. The molecule has 1 atom stereocenters. The number of carbonyl (C=O) groups excluding carboxylic acids is 1. The van der Waals surface area contributed by atoms with Gasteiger partial charge in [-0.15, -0.1) is 0 Å². The fraction of sp³-hybridized carbons (Fsp3) is 0.261. The fourth-order valence-corrected chi connectivity index (χ4v) is 3.76. The van der Waals surface area contributed by atoms with E-state index in [0.717, 1.165) is 10.9 Å². The van der Waals surface area contributed by atoms with E-state index in [1.54, 1.807) is 11.0 Å². The lowest BCUT2D eigenvalue weighted by Crippen LogP contribution is -2.49. The van der Waals surface area contributed by atoms with Gasteiger partial charge in [0.2, 0.25) is 0 Å². The van der Waals surface area contributed by atoms with Crippen molar-refractivity contribution in [3.05, 3.63) is 77.9 Å². The summed E-state index contributed by atoms with van der Waals surface area (Å²) in [6.45, 7) is 3.10. The average molecular weight is 376 g/mol. The molecule has 1 aliphatic rings. The van der Waals surface area contributed by atoms with Crippen LogP contribution in [0.15, 0.2) is 66.7 Å². The van der Waals surface area contributed by atoms with Gasteiger partial charge in [-0.05, 0) is 17.0 Å². The standard InChI is InChI=1S/C23H24N2O3/c26-21(18-7-2-1-3-8-18)16-24-12-14-25(15-13-24)23(28)20-11-10-17-6-4-5-9-19(17)22(20)27/h1-11,21,26-27H,12-16H2. The van der Waals surface area contributed by atoms with Gasteiger partial charge in [-0.3, -0.25) is 9.69 Å². The molecule has 144 valence electrons. The molecule has 2 N–H and O–H groups in total. The molecule has 0 aromatic heterocycles. The third-order valence-electron chi connectivity index (χ3n) is 5.41. The van der Waals surface area contributed by atoms with E-state index >= 15 is 0 Å². The highest BCUT2D eigenvalue weighted by molar-refractivity contribution is 6.03. The lowest BCUT2D eigenvalue weighted by molar-refractivity contribution is 0.0525. The number of aliphatic hydroxyl groups excluding tert-OH is 1. The zero-order valence-corrected chi connectivity index (χ0v) is 15.7. The average Bonchev–Trinajstić information content (AvgIpc) is 2.75. The monoisotopic (exact) mass is 376 g/mol. The van der Waals surface area contributed by atoms with Gasteiger partial charge in [0.15, 0.2) is 0 Å². The number of fused-ring (bicyclic) bond motifs is 1. The van der Waals surface area contributed by atoms with Gasteiger partial charge in [-0.2, -0.15) is 0 Å². The van der Waals surface area contributed by atoms with Gasteiger partial charge in [0.25, 0.3) is 5.91 Å². The predicted octanol–water partition coefficient (Wildman–Crippen LogP) is 3.04. The van der Waals surface area contributed by atoms with E-state index in [2.05, 4.69) is 4.90 Å². The Kier molecular flexibility index (Phi) is 5.28. The number of hydrogen-bond acceptors (Lipinski definition) is 4. The zero-order chi connectivity index (χ0) is 19.5. The maximum Gasteiger partial charge on any atom is 0.257 e. The molecular weight excluding hydrogens is 352 g/mol. The number of phenolic OH excluding ortho intramolecular Hbond substituents is 1. The third kappa shape index (κ3) is 3.72. The molecule has 1 fully saturated rings. The highest BCUT2D eigenvalue weighted by Gasteiger charge is 2.25. The van der Waals surface area contributed by atoms with E-state index in [0.29, 0.717) is 43.7 Å². The molecule has 5 nitrogen and oxygen atoms in total. The van der Waals surface area contributed by atoms with Gasteiger partial charge in [-0.25, -0.2) is 0 Å². The first-order chi connectivity index (χ1) is 13.6. The number of carbonyl (C=O) groups is 1. The molecule has 1 heterocycles. The Balaban J connectivity index is 1.40. The van der Waals surface area contributed by atoms with E-state index in [4.69, 9.17) is 0 Å². The van der Waals surface area contributed by atoms with Crippen molar-refractivity contribution in [2.24, 2.45) is 0 Å². The van der Waals surface area contributed by atoms with Crippen LogP contribution in [-0.4, -0.2) is 58.6 Å². The van der Waals surface area contributed by atoms with E-state index in [-0.39, 0.29) is 11.7 Å². The molecule has 0 aliphatic carbocycles. The Morgan fingerprint density at radius 3 is 2.32 bits per heavy atom. The quantitative estimate of drug-likeness (QED) is 0.735. The van der Waals surface area contributed by atoms with Crippen molar-refractivity contribution in [3.63, 3.8) is 0 Å². The molecule has 1 saturated heterocycles. The molecule has 1 amide bonds. The predicted molar refractivity (Wildman–Crippen MR) is 109 cm³/mol. The van der Waals surface area contributed by atoms with E-state index in [9.17, 15) is 15.0 Å². The van der Waals surface area contributed by atoms with Crippen LogP contribution in [0.25, 0.3) is 10.8 Å². The molecule has 0 radical (unpaired) electrons. The van der Waals surface area contributed by atoms with Crippen LogP contribution in [0.5, 0.6) is 5.75 Å². The number of aliphatic hydroxyl groups is 1. The second-order valence-corrected chi connectivity index (χ2v) is 7.20. The van der Waals surface area contributed by atoms with Crippen LogP contribution in [0, 0.1) is 0 Å². The Labute approximate surface area is 164 Å². The molecule has 28 heavy (non-hydrogen) atoms. The number of β-amino-alcohol motifs (C(OH)–C–C–N with tert-alkyl or cyclic N) is 1. The van der Waals surface area contributed by atoms with Gasteiger partial charge >= 0.3 is 0 Å². The molecule has 4 rings (SSSR count). The number of nitrogens with zero attached hydrogens (tertiary/aromatic N) is 2. The Morgan fingerprint density at radius 1 is 0.893 bits per heavy atom. The summed E-state index contributed by atoms with van der Waals surface area (Å²) in [5.41, 5.74) is 1.25. The smallest absolute Gasteiger partial charge is 0.257 e. The summed E-state index contributed by atoms with van der Waals surface area (Å²) in [5, 5.41) is 22.6. The highest BCUT2D eigenvalue weighted by Crippen LogP contribution is 2.29.